The van der Waals surface area contributed by atoms with E-state index in [2.05, 4.69) is 20.8 Å². The van der Waals surface area contributed by atoms with E-state index in [1.54, 1.807) is 0 Å². The van der Waals surface area contributed by atoms with Crippen molar-refractivity contribution in [2.45, 2.75) is 19.3 Å². The molecule has 2 N–H and O–H groups in total. The molecule has 1 saturated heterocycles. The van der Waals surface area contributed by atoms with Gasteiger partial charge in [-0.2, -0.15) is 4.98 Å². The van der Waals surface area contributed by atoms with E-state index in [-0.39, 0.29) is 11.8 Å². The number of amides is 1. The number of hydrogen-bond donors (Lipinski definition) is 2. The first-order chi connectivity index (χ1) is 7.86. The third kappa shape index (κ3) is 3.03. The molecule has 0 saturated carbocycles. The fraction of sp³-hybridized carbons (Fsp3) is 0.700. The topological polar surface area (TPSA) is 80.1 Å². The average molecular weight is 224 g/mol. The van der Waals surface area contributed by atoms with E-state index in [1.807, 2.05) is 0 Å². The van der Waals surface area contributed by atoms with Gasteiger partial charge in [-0.25, -0.2) is 0 Å². The standard InChI is InChI=1S/C10H16N4O2/c15-10(8-2-1-4-11-6-8)12-5-3-9-13-7-14-16-9/h7-8,11H,1-6H2,(H,12,15)/t8-/m0/s1. The molecule has 0 bridgehead atoms. The number of hydrogen-bond acceptors (Lipinski definition) is 5. The molecular weight excluding hydrogens is 208 g/mol. The first kappa shape index (κ1) is 11.1. The van der Waals surface area contributed by atoms with Crippen molar-refractivity contribution in [2.24, 2.45) is 5.92 Å². The largest absolute Gasteiger partial charge is 0.355 e. The van der Waals surface area contributed by atoms with E-state index in [9.17, 15) is 4.79 Å². The highest BCUT2D eigenvalue weighted by Crippen LogP contribution is 2.09. The molecule has 16 heavy (non-hydrogen) atoms. The minimum Gasteiger partial charge on any atom is -0.355 e. The number of rotatable bonds is 4. The summed E-state index contributed by atoms with van der Waals surface area (Å²) in [5.74, 6) is 0.783. The summed E-state index contributed by atoms with van der Waals surface area (Å²) in [4.78, 5) is 15.6. The molecule has 0 unspecified atom stereocenters. The van der Waals surface area contributed by atoms with Gasteiger partial charge in [-0.3, -0.25) is 4.79 Å². The molecule has 88 valence electrons. The van der Waals surface area contributed by atoms with E-state index in [1.165, 1.54) is 6.33 Å². The van der Waals surface area contributed by atoms with Crippen LogP contribution in [0.2, 0.25) is 0 Å². The predicted molar refractivity (Wildman–Crippen MR) is 56.6 cm³/mol. The summed E-state index contributed by atoms with van der Waals surface area (Å²) < 4.78 is 4.84. The number of nitrogens with zero attached hydrogens (tertiary/aromatic N) is 2. The predicted octanol–water partition coefficient (Wildman–Crippen LogP) is -0.272. The molecule has 6 nitrogen and oxygen atoms in total. The van der Waals surface area contributed by atoms with E-state index in [4.69, 9.17) is 4.52 Å². The molecule has 2 rings (SSSR count). The summed E-state index contributed by atoms with van der Waals surface area (Å²) in [7, 11) is 0. The lowest BCUT2D eigenvalue weighted by Gasteiger charge is -2.21. The second kappa shape index (κ2) is 5.60. The Kier molecular flexibility index (Phi) is 3.87. The third-order valence-corrected chi connectivity index (χ3v) is 2.71. The second-order valence-corrected chi connectivity index (χ2v) is 3.92. The van der Waals surface area contributed by atoms with Crippen molar-refractivity contribution in [1.82, 2.24) is 20.8 Å². The highest BCUT2D eigenvalue weighted by Gasteiger charge is 2.20. The molecule has 0 aliphatic carbocycles. The zero-order valence-corrected chi connectivity index (χ0v) is 9.11. The van der Waals surface area contributed by atoms with Crippen molar-refractivity contribution >= 4 is 5.91 Å². The Morgan fingerprint density at radius 2 is 2.62 bits per heavy atom. The van der Waals surface area contributed by atoms with Gasteiger partial charge < -0.3 is 15.2 Å². The van der Waals surface area contributed by atoms with Gasteiger partial charge in [0.2, 0.25) is 11.8 Å². The van der Waals surface area contributed by atoms with Gasteiger partial charge in [0.05, 0.1) is 5.92 Å². The lowest BCUT2D eigenvalue weighted by molar-refractivity contribution is -0.125. The molecule has 1 aromatic heterocycles. The maximum absolute atomic E-state index is 11.7. The minimum absolute atomic E-state index is 0.108. The van der Waals surface area contributed by atoms with Crippen molar-refractivity contribution < 1.29 is 9.32 Å². The molecule has 0 aromatic carbocycles. The van der Waals surface area contributed by atoms with Gasteiger partial charge in [-0.1, -0.05) is 5.16 Å². The molecule has 0 radical (unpaired) electrons. The molecule has 1 amide bonds. The van der Waals surface area contributed by atoms with Crippen molar-refractivity contribution in [2.75, 3.05) is 19.6 Å². The van der Waals surface area contributed by atoms with Crippen molar-refractivity contribution in [3.05, 3.63) is 12.2 Å². The average Bonchev–Trinajstić information content (AvgIpc) is 2.83. The lowest BCUT2D eigenvalue weighted by Crippen LogP contribution is -2.41. The summed E-state index contributed by atoms with van der Waals surface area (Å²) in [5.41, 5.74) is 0. The van der Waals surface area contributed by atoms with Crippen LogP contribution in [0.4, 0.5) is 0 Å². The van der Waals surface area contributed by atoms with E-state index < -0.39 is 0 Å². The van der Waals surface area contributed by atoms with Gasteiger partial charge in [-0.05, 0) is 19.4 Å². The summed E-state index contributed by atoms with van der Waals surface area (Å²) in [6, 6.07) is 0. The molecule has 1 aromatic rings. The molecule has 0 spiro atoms. The van der Waals surface area contributed by atoms with E-state index in [0.29, 0.717) is 18.9 Å². The minimum atomic E-state index is 0.108. The number of aromatic nitrogens is 2. The molecule has 1 fully saturated rings. The van der Waals surface area contributed by atoms with Gasteiger partial charge in [0.25, 0.3) is 0 Å². The van der Waals surface area contributed by atoms with Gasteiger partial charge in [0.15, 0.2) is 6.33 Å². The van der Waals surface area contributed by atoms with Crippen LogP contribution >= 0.6 is 0 Å². The van der Waals surface area contributed by atoms with Crippen molar-refractivity contribution in [3.8, 4) is 0 Å². The molecule has 1 atom stereocenters. The molecule has 2 heterocycles. The van der Waals surface area contributed by atoms with Gasteiger partial charge in [0.1, 0.15) is 0 Å². The molecular formula is C10H16N4O2. The van der Waals surface area contributed by atoms with Crippen LogP contribution in [0.5, 0.6) is 0 Å². The normalized spacial score (nSPS) is 20.6. The van der Waals surface area contributed by atoms with Crippen LogP contribution in [0.25, 0.3) is 0 Å². The highest BCUT2D eigenvalue weighted by molar-refractivity contribution is 5.78. The maximum atomic E-state index is 11.7. The molecule has 6 heteroatoms. The first-order valence-electron chi connectivity index (χ1n) is 5.60. The maximum Gasteiger partial charge on any atom is 0.228 e. The highest BCUT2D eigenvalue weighted by atomic mass is 16.5. The quantitative estimate of drug-likeness (QED) is 0.735. The van der Waals surface area contributed by atoms with Crippen LogP contribution in [0.3, 0.4) is 0 Å². The Labute approximate surface area is 93.8 Å². The Hall–Kier alpha value is -1.43. The van der Waals surface area contributed by atoms with Crippen LogP contribution in [-0.4, -0.2) is 35.7 Å². The Balaban J connectivity index is 1.67. The Morgan fingerprint density at radius 3 is 3.31 bits per heavy atom. The Morgan fingerprint density at radius 1 is 1.69 bits per heavy atom. The fourth-order valence-electron chi connectivity index (χ4n) is 1.82. The van der Waals surface area contributed by atoms with Crippen molar-refractivity contribution in [3.63, 3.8) is 0 Å². The summed E-state index contributed by atoms with van der Waals surface area (Å²) >= 11 is 0. The zero-order chi connectivity index (χ0) is 11.2. The third-order valence-electron chi connectivity index (χ3n) is 2.71. The molecule has 1 aliphatic heterocycles. The summed E-state index contributed by atoms with van der Waals surface area (Å²) in [6.45, 7) is 2.36. The zero-order valence-electron chi connectivity index (χ0n) is 9.11. The van der Waals surface area contributed by atoms with Gasteiger partial charge in [0, 0.05) is 19.5 Å². The number of carbonyl (C=O) groups is 1. The first-order valence-corrected chi connectivity index (χ1v) is 5.60. The SMILES string of the molecule is O=C(NCCc1ncno1)[C@H]1CCCNC1. The Bertz CT molecular complexity index is 320. The fourth-order valence-corrected chi connectivity index (χ4v) is 1.82. The van der Waals surface area contributed by atoms with Gasteiger partial charge in [-0.15, -0.1) is 0 Å². The van der Waals surface area contributed by atoms with Crippen LogP contribution < -0.4 is 10.6 Å². The van der Waals surface area contributed by atoms with E-state index >= 15 is 0 Å². The smallest absolute Gasteiger partial charge is 0.228 e. The number of piperidine rings is 1. The van der Waals surface area contributed by atoms with E-state index in [0.717, 1.165) is 25.9 Å². The number of nitrogens with one attached hydrogen (secondary N) is 2. The summed E-state index contributed by atoms with van der Waals surface area (Å²) in [5, 5.41) is 9.60. The monoisotopic (exact) mass is 224 g/mol. The van der Waals surface area contributed by atoms with Crippen LogP contribution in [0.1, 0.15) is 18.7 Å². The number of carbonyl (C=O) groups excluding carboxylic acids is 1. The van der Waals surface area contributed by atoms with Crippen LogP contribution in [0.15, 0.2) is 10.9 Å². The molecule has 1 aliphatic rings. The second-order valence-electron chi connectivity index (χ2n) is 3.92. The van der Waals surface area contributed by atoms with Crippen LogP contribution in [-0.2, 0) is 11.2 Å². The summed E-state index contributed by atoms with van der Waals surface area (Å²) in [6.07, 6.45) is 4.00. The van der Waals surface area contributed by atoms with Crippen LogP contribution in [0, 0.1) is 5.92 Å². The lowest BCUT2D eigenvalue weighted by atomic mass is 9.99. The van der Waals surface area contributed by atoms with Crippen molar-refractivity contribution in [1.29, 1.82) is 0 Å². The van der Waals surface area contributed by atoms with Gasteiger partial charge >= 0.3 is 0 Å².